The van der Waals surface area contributed by atoms with Gasteiger partial charge in [-0.2, -0.15) is 0 Å². The molecule has 0 spiro atoms. The lowest BCUT2D eigenvalue weighted by Crippen LogP contribution is -2.45. The Balaban J connectivity index is 3.63. The lowest BCUT2D eigenvalue weighted by Gasteiger charge is -2.25. The highest BCUT2D eigenvalue weighted by Gasteiger charge is 2.19. The summed E-state index contributed by atoms with van der Waals surface area (Å²) in [6.45, 7) is 4.68. The fraction of sp³-hybridized carbons (Fsp3) is 0.900. The number of rotatable bonds is 8. The van der Waals surface area contributed by atoms with Crippen molar-refractivity contribution in [1.29, 1.82) is 0 Å². The molecule has 0 heterocycles. The van der Waals surface area contributed by atoms with Gasteiger partial charge < -0.3 is 19.9 Å². The molecular weight excluding hydrogens is 198 g/mol. The van der Waals surface area contributed by atoms with E-state index in [0.717, 1.165) is 0 Å². The van der Waals surface area contributed by atoms with Crippen LogP contribution in [0.1, 0.15) is 20.3 Å². The maximum atomic E-state index is 11.3. The van der Waals surface area contributed by atoms with Gasteiger partial charge in [-0.1, -0.05) is 0 Å². The quantitative estimate of drug-likeness (QED) is 0.561. The van der Waals surface area contributed by atoms with E-state index in [2.05, 4.69) is 5.32 Å². The van der Waals surface area contributed by atoms with Crippen LogP contribution in [0.3, 0.4) is 0 Å². The molecule has 0 aromatic heterocycles. The van der Waals surface area contributed by atoms with E-state index < -0.39 is 5.54 Å². The third-order valence-corrected chi connectivity index (χ3v) is 1.88. The molecule has 0 unspecified atom stereocenters. The third-order valence-electron chi connectivity index (χ3n) is 1.88. The molecule has 2 N–H and O–H groups in total. The summed E-state index contributed by atoms with van der Waals surface area (Å²) >= 11 is 0. The lowest BCUT2D eigenvalue weighted by molar-refractivity contribution is -0.127. The van der Waals surface area contributed by atoms with Crippen LogP contribution >= 0.6 is 0 Å². The Morgan fingerprint density at radius 2 is 2.07 bits per heavy atom. The zero-order chi connectivity index (χ0) is 11.7. The van der Waals surface area contributed by atoms with E-state index in [-0.39, 0.29) is 19.1 Å². The van der Waals surface area contributed by atoms with Crippen molar-refractivity contribution in [2.24, 2.45) is 0 Å². The van der Waals surface area contributed by atoms with Gasteiger partial charge in [-0.3, -0.25) is 4.79 Å². The molecule has 0 bridgehead atoms. The number of aliphatic hydroxyl groups excluding tert-OH is 1. The number of ether oxygens (including phenoxy) is 2. The fourth-order valence-corrected chi connectivity index (χ4v) is 1.06. The van der Waals surface area contributed by atoms with Crippen molar-refractivity contribution in [3.8, 4) is 0 Å². The third kappa shape index (κ3) is 8.35. The summed E-state index contributed by atoms with van der Waals surface area (Å²) in [5.74, 6) is -0.176. The van der Waals surface area contributed by atoms with Crippen molar-refractivity contribution in [2.75, 3.05) is 33.5 Å². The maximum Gasteiger partial charge on any atom is 0.246 e. The Morgan fingerprint density at radius 1 is 1.40 bits per heavy atom. The molecule has 0 saturated carbocycles. The van der Waals surface area contributed by atoms with Gasteiger partial charge in [0.05, 0.1) is 13.2 Å². The number of carbonyl (C=O) groups is 1. The van der Waals surface area contributed by atoms with Crippen LogP contribution in [-0.2, 0) is 14.3 Å². The zero-order valence-electron chi connectivity index (χ0n) is 9.71. The Kier molecular flexibility index (Phi) is 7.29. The van der Waals surface area contributed by atoms with E-state index in [4.69, 9.17) is 14.6 Å². The van der Waals surface area contributed by atoms with Crippen LogP contribution in [-0.4, -0.2) is 50.1 Å². The van der Waals surface area contributed by atoms with Crippen LogP contribution in [0.4, 0.5) is 0 Å². The molecule has 0 saturated heterocycles. The molecule has 5 heteroatoms. The number of nitrogens with one attached hydrogen (secondary N) is 1. The van der Waals surface area contributed by atoms with Crippen molar-refractivity contribution >= 4 is 5.91 Å². The number of hydrogen-bond acceptors (Lipinski definition) is 4. The molecule has 0 aliphatic carbocycles. The smallest absolute Gasteiger partial charge is 0.246 e. The molecule has 0 aromatic carbocycles. The molecule has 0 aromatic rings. The number of amides is 1. The summed E-state index contributed by atoms with van der Waals surface area (Å²) < 4.78 is 9.83. The molecule has 5 nitrogen and oxygen atoms in total. The van der Waals surface area contributed by atoms with Gasteiger partial charge in [0, 0.05) is 19.3 Å². The molecule has 0 aliphatic rings. The largest absolute Gasteiger partial charge is 0.396 e. The van der Waals surface area contributed by atoms with Gasteiger partial charge in [0.2, 0.25) is 5.91 Å². The average Bonchev–Trinajstić information content (AvgIpc) is 2.11. The molecule has 0 rings (SSSR count). The predicted octanol–water partition coefficient (Wildman–Crippen LogP) is -0.0734. The summed E-state index contributed by atoms with van der Waals surface area (Å²) in [7, 11) is 1.58. The molecule has 0 atom stereocenters. The van der Waals surface area contributed by atoms with Gasteiger partial charge in [-0.25, -0.2) is 0 Å². The summed E-state index contributed by atoms with van der Waals surface area (Å²) in [5.41, 5.74) is -0.392. The Labute approximate surface area is 90.8 Å². The van der Waals surface area contributed by atoms with Crippen molar-refractivity contribution in [2.45, 2.75) is 25.8 Å². The predicted molar refractivity (Wildman–Crippen MR) is 56.6 cm³/mol. The van der Waals surface area contributed by atoms with E-state index in [1.54, 1.807) is 7.11 Å². The number of carbonyl (C=O) groups excluding carboxylic acids is 1. The van der Waals surface area contributed by atoms with E-state index in [1.165, 1.54) is 0 Å². The van der Waals surface area contributed by atoms with Gasteiger partial charge in [-0.05, 0) is 20.3 Å². The summed E-state index contributed by atoms with van der Waals surface area (Å²) in [5, 5.41) is 11.5. The standard InChI is InChI=1S/C10H21NO4/c1-10(2,4-5-12)11-9(13)8-15-7-6-14-3/h12H,4-8H2,1-3H3,(H,11,13). The first-order chi connectivity index (χ1) is 7.02. The molecule has 0 radical (unpaired) electrons. The van der Waals surface area contributed by atoms with Crippen LogP contribution in [0.15, 0.2) is 0 Å². The monoisotopic (exact) mass is 219 g/mol. The summed E-state index contributed by atoms with van der Waals surface area (Å²) in [4.78, 5) is 11.3. The second-order valence-electron chi connectivity index (χ2n) is 3.95. The molecular formula is C10H21NO4. The zero-order valence-corrected chi connectivity index (χ0v) is 9.71. The van der Waals surface area contributed by atoms with Gasteiger partial charge in [0.1, 0.15) is 6.61 Å². The van der Waals surface area contributed by atoms with Gasteiger partial charge in [0.15, 0.2) is 0 Å². The minimum Gasteiger partial charge on any atom is -0.396 e. The molecule has 15 heavy (non-hydrogen) atoms. The Morgan fingerprint density at radius 3 is 2.60 bits per heavy atom. The van der Waals surface area contributed by atoms with Gasteiger partial charge in [0.25, 0.3) is 0 Å². The summed E-state index contributed by atoms with van der Waals surface area (Å²) in [6, 6.07) is 0. The highest BCUT2D eigenvalue weighted by molar-refractivity contribution is 5.77. The van der Waals surface area contributed by atoms with Crippen molar-refractivity contribution in [1.82, 2.24) is 5.32 Å². The number of aliphatic hydroxyl groups is 1. The van der Waals surface area contributed by atoms with Crippen LogP contribution in [0.2, 0.25) is 0 Å². The van der Waals surface area contributed by atoms with Gasteiger partial charge in [-0.15, -0.1) is 0 Å². The van der Waals surface area contributed by atoms with Crippen LogP contribution in [0.5, 0.6) is 0 Å². The highest BCUT2D eigenvalue weighted by Crippen LogP contribution is 2.06. The SMILES string of the molecule is COCCOCC(=O)NC(C)(C)CCO. The normalized spacial score (nSPS) is 11.5. The maximum absolute atomic E-state index is 11.3. The topological polar surface area (TPSA) is 67.8 Å². The first-order valence-corrected chi connectivity index (χ1v) is 5.00. The molecule has 1 amide bonds. The first-order valence-electron chi connectivity index (χ1n) is 5.00. The minimum atomic E-state index is -0.392. The molecule has 0 fully saturated rings. The van der Waals surface area contributed by atoms with Crippen LogP contribution in [0, 0.1) is 0 Å². The van der Waals surface area contributed by atoms with Crippen LogP contribution < -0.4 is 5.32 Å². The Hall–Kier alpha value is -0.650. The van der Waals surface area contributed by atoms with Crippen molar-refractivity contribution in [3.05, 3.63) is 0 Å². The van der Waals surface area contributed by atoms with E-state index in [9.17, 15) is 4.79 Å². The highest BCUT2D eigenvalue weighted by atomic mass is 16.5. The number of methoxy groups -OCH3 is 1. The van der Waals surface area contributed by atoms with Crippen molar-refractivity contribution in [3.63, 3.8) is 0 Å². The molecule has 90 valence electrons. The molecule has 0 aliphatic heterocycles. The second kappa shape index (κ2) is 7.62. The van der Waals surface area contributed by atoms with E-state index >= 15 is 0 Å². The first kappa shape index (κ1) is 14.3. The van der Waals surface area contributed by atoms with Gasteiger partial charge >= 0.3 is 0 Å². The second-order valence-corrected chi connectivity index (χ2v) is 3.95. The minimum absolute atomic E-state index is 0.0260. The van der Waals surface area contributed by atoms with E-state index in [0.29, 0.717) is 19.6 Å². The van der Waals surface area contributed by atoms with Crippen LogP contribution in [0.25, 0.3) is 0 Å². The van der Waals surface area contributed by atoms with E-state index in [1.807, 2.05) is 13.8 Å². The lowest BCUT2D eigenvalue weighted by atomic mass is 10.0. The summed E-state index contributed by atoms with van der Waals surface area (Å²) in [6.07, 6.45) is 0.525. The van der Waals surface area contributed by atoms with Crippen molar-refractivity contribution < 1.29 is 19.4 Å². The fourth-order valence-electron chi connectivity index (χ4n) is 1.06. The number of hydrogen-bond donors (Lipinski definition) is 2. The Bertz CT molecular complexity index is 182. The average molecular weight is 219 g/mol.